The smallest absolute Gasteiger partial charge is 0.307 e. The second-order valence-electron chi connectivity index (χ2n) is 5.74. The highest BCUT2D eigenvalue weighted by molar-refractivity contribution is 5.67. The molecule has 0 aliphatic heterocycles. The second kappa shape index (κ2) is 4.79. The maximum Gasteiger partial charge on any atom is 0.307 e. The van der Waals surface area contributed by atoms with Gasteiger partial charge in [0.1, 0.15) is 5.76 Å². The molecule has 0 fully saturated rings. The fraction of sp³-hybridized carbons (Fsp3) is 0.750. The topological polar surface area (TPSA) is 52.3 Å². The van der Waals surface area contributed by atoms with Crippen LogP contribution in [-0.2, 0) is 9.53 Å². The molecule has 15 heavy (non-hydrogen) atoms. The molecule has 0 saturated carbocycles. The van der Waals surface area contributed by atoms with E-state index in [4.69, 9.17) is 10.5 Å². The lowest BCUT2D eigenvalue weighted by atomic mass is 9.92. The Balaban J connectivity index is 4.75. The monoisotopic (exact) mass is 213 g/mol. The lowest BCUT2D eigenvalue weighted by Crippen LogP contribution is -2.33. The Kier molecular flexibility index (Phi) is 4.53. The molecule has 0 aliphatic carbocycles. The molecule has 2 N–H and O–H groups in total. The van der Waals surface area contributed by atoms with Gasteiger partial charge in [-0.15, -0.1) is 0 Å². The van der Waals surface area contributed by atoms with E-state index in [0.29, 0.717) is 12.2 Å². The molecule has 0 aromatic carbocycles. The molecule has 3 nitrogen and oxygen atoms in total. The van der Waals surface area contributed by atoms with Crippen LogP contribution < -0.4 is 5.73 Å². The molecule has 0 saturated heterocycles. The first-order valence-corrected chi connectivity index (χ1v) is 5.19. The van der Waals surface area contributed by atoms with Crippen molar-refractivity contribution in [1.82, 2.24) is 0 Å². The molecule has 0 radical (unpaired) electrons. The van der Waals surface area contributed by atoms with Crippen molar-refractivity contribution in [2.24, 2.45) is 11.1 Å². The third-order valence-corrected chi connectivity index (χ3v) is 1.50. The van der Waals surface area contributed by atoms with Crippen molar-refractivity contribution in [2.45, 2.75) is 53.5 Å². The van der Waals surface area contributed by atoms with E-state index in [2.05, 4.69) is 20.8 Å². The molecule has 88 valence electrons. The molecule has 3 heteroatoms. The zero-order valence-electron chi connectivity index (χ0n) is 10.7. The molecule has 0 unspecified atom stereocenters. The van der Waals surface area contributed by atoms with E-state index in [-0.39, 0.29) is 16.9 Å². The van der Waals surface area contributed by atoms with Gasteiger partial charge >= 0.3 is 5.97 Å². The van der Waals surface area contributed by atoms with E-state index in [9.17, 15) is 4.79 Å². The van der Waals surface area contributed by atoms with Crippen LogP contribution in [0.5, 0.6) is 0 Å². The number of hydrogen-bond acceptors (Lipinski definition) is 3. The van der Waals surface area contributed by atoms with Crippen molar-refractivity contribution in [3.05, 3.63) is 11.8 Å². The number of allylic oxidation sites excluding steroid dienone is 1. The van der Waals surface area contributed by atoms with Gasteiger partial charge in [0, 0.05) is 18.9 Å². The highest BCUT2D eigenvalue weighted by Gasteiger charge is 2.18. The highest BCUT2D eigenvalue weighted by atomic mass is 16.5. The van der Waals surface area contributed by atoms with Crippen molar-refractivity contribution in [3.63, 3.8) is 0 Å². The molecule has 0 bridgehead atoms. The Morgan fingerprint density at radius 3 is 2.00 bits per heavy atom. The summed E-state index contributed by atoms with van der Waals surface area (Å²) in [6.45, 7) is 11.4. The molecule has 0 rings (SSSR count). The van der Waals surface area contributed by atoms with Gasteiger partial charge in [0.2, 0.25) is 0 Å². The molecule has 0 spiro atoms. The molecule has 0 aromatic rings. The van der Waals surface area contributed by atoms with Crippen LogP contribution in [-0.4, -0.2) is 11.5 Å². The van der Waals surface area contributed by atoms with Crippen LogP contribution in [0.4, 0.5) is 0 Å². The van der Waals surface area contributed by atoms with Gasteiger partial charge in [-0.1, -0.05) is 20.8 Å². The summed E-state index contributed by atoms with van der Waals surface area (Å²) in [5.74, 6) is 0.359. The number of carbonyl (C=O) groups is 1. The van der Waals surface area contributed by atoms with Crippen LogP contribution >= 0.6 is 0 Å². The molecule has 0 heterocycles. The van der Waals surface area contributed by atoms with Gasteiger partial charge in [-0.25, -0.2) is 0 Å². The lowest BCUT2D eigenvalue weighted by Gasteiger charge is -2.22. The maximum atomic E-state index is 10.9. The van der Waals surface area contributed by atoms with Crippen LogP contribution in [0.1, 0.15) is 48.0 Å². The SMILES string of the molecule is CC(=O)O/C(=C/C(C)(C)C)CC(C)(C)N. The maximum absolute atomic E-state index is 10.9. The minimum absolute atomic E-state index is 0.0178. The molecule has 0 aliphatic rings. The molecular weight excluding hydrogens is 190 g/mol. The summed E-state index contributed by atoms with van der Waals surface area (Å²) < 4.78 is 5.14. The van der Waals surface area contributed by atoms with Crippen molar-refractivity contribution < 1.29 is 9.53 Å². The van der Waals surface area contributed by atoms with Crippen LogP contribution in [0.15, 0.2) is 11.8 Å². The third kappa shape index (κ3) is 9.47. The van der Waals surface area contributed by atoms with Gasteiger partial charge in [-0.05, 0) is 25.3 Å². The summed E-state index contributed by atoms with van der Waals surface area (Å²) in [5, 5.41) is 0. The predicted octanol–water partition coefficient (Wildman–Crippen LogP) is 2.61. The van der Waals surface area contributed by atoms with Gasteiger partial charge in [-0.3, -0.25) is 4.79 Å². The summed E-state index contributed by atoms with van der Waals surface area (Å²) in [5.41, 5.74) is 5.51. The van der Waals surface area contributed by atoms with E-state index >= 15 is 0 Å². The lowest BCUT2D eigenvalue weighted by molar-refractivity contribution is -0.137. The molecular formula is C12H23NO2. The van der Waals surface area contributed by atoms with Gasteiger partial charge in [0.15, 0.2) is 0 Å². The molecule has 0 amide bonds. The Labute approximate surface area is 92.7 Å². The van der Waals surface area contributed by atoms with Gasteiger partial charge in [0.05, 0.1) is 0 Å². The third-order valence-electron chi connectivity index (χ3n) is 1.50. The minimum Gasteiger partial charge on any atom is -0.432 e. The largest absolute Gasteiger partial charge is 0.432 e. The second-order valence-corrected chi connectivity index (χ2v) is 5.74. The van der Waals surface area contributed by atoms with Crippen molar-refractivity contribution in [3.8, 4) is 0 Å². The number of hydrogen-bond donors (Lipinski definition) is 1. The van der Waals surface area contributed by atoms with Crippen molar-refractivity contribution in [1.29, 1.82) is 0 Å². The van der Waals surface area contributed by atoms with Crippen LogP contribution in [0.3, 0.4) is 0 Å². The Hall–Kier alpha value is -0.830. The van der Waals surface area contributed by atoms with Crippen LogP contribution in [0.2, 0.25) is 0 Å². The number of rotatable bonds is 3. The predicted molar refractivity (Wildman–Crippen MR) is 62.2 cm³/mol. The first-order valence-electron chi connectivity index (χ1n) is 5.19. The van der Waals surface area contributed by atoms with E-state index < -0.39 is 0 Å². The first-order chi connectivity index (χ1) is 6.49. The van der Waals surface area contributed by atoms with Crippen LogP contribution in [0, 0.1) is 5.41 Å². The normalized spacial score (nSPS) is 13.9. The zero-order valence-corrected chi connectivity index (χ0v) is 10.7. The Morgan fingerprint density at radius 1 is 1.27 bits per heavy atom. The average Bonchev–Trinajstić information content (AvgIpc) is 1.73. The van der Waals surface area contributed by atoms with Crippen molar-refractivity contribution >= 4 is 5.97 Å². The fourth-order valence-electron chi connectivity index (χ4n) is 1.23. The van der Waals surface area contributed by atoms with Gasteiger partial charge < -0.3 is 10.5 Å². The quantitative estimate of drug-likeness (QED) is 0.579. The Morgan fingerprint density at radius 2 is 1.73 bits per heavy atom. The van der Waals surface area contributed by atoms with E-state index in [1.165, 1.54) is 6.92 Å². The summed E-state index contributed by atoms with van der Waals surface area (Å²) in [4.78, 5) is 10.9. The van der Waals surface area contributed by atoms with Crippen LogP contribution in [0.25, 0.3) is 0 Å². The number of esters is 1. The van der Waals surface area contributed by atoms with E-state index in [0.717, 1.165) is 0 Å². The van der Waals surface area contributed by atoms with Crippen molar-refractivity contribution in [2.75, 3.05) is 0 Å². The molecule has 0 aromatic heterocycles. The minimum atomic E-state index is -0.369. The van der Waals surface area contributed by atoms with E-state index in [1.54, 1.807) is 0 Å². The summed E-state index contributed by atoms with van der Waals surface area (Å²) in [6.07, 6.45) is 2.51. The van der Waals surface area contributed by atoms with E-state index in [1.807, 2.05) is 19.9 Å². The first kappa shape index (κ1) is 14.2. The number of carbonyl (C=O) groups excluding carboxylic acids is 1. The number of ether oxygens (including phenoxy) is 1. The Bertz CT molecular complexity index is 254. The fourth-order valence-corrected chi connectivity index (χ4v) is 1.23. The zero-order chi connectivity index (χ0) is 12.3. The molecule has 0 atom stereocenters. The average molecular weight is 213 g/mol. The van der Waals surface area contributed by atoms with Gasteiger partial charge in [0.25, 0.3) is 0 Å². The highest BCUT2D eigenvalue weighted by Crippen LogP contribution is 2.23. The summed E-state index contributed by atoms with van der Waals surface area (Å²) in [6, 6.07) is 0. The summed E-state index contributed by atoms with van der Waals surface area (Å²) in [7, 11) is 0. The standard InChI is InChI=1S/C12H23NO2/c1-9(14)15-10(7-11(2,3)4)8-12(5,6)13/h7H,8,13H2,1-6H3/b10-7+. The van der Waals surface area contributed by atoms with Gasteiger partial charge in [-0.2, -0.15) is 0 Å². The number of nitrogens with two attached hydrogens (primary N) is 1. The summed E-state index contributed by atoms with van der Waals surface area (Å²) >= 11 is 0.